The lowest BCUT2D eigenvalue weighted by atomic mass is 10.1. The van der Waals surface area contributed by atoms with Crippen molar-refractivity contribution in [3.05, 3.63) is 23.8 Å². The molecule has 1 N–H and O–H groups in total. The minimum Gasteiger partial charge on any atom is -0.504 e. The fraction of sp³-hybridized carbons (Fsp3) is 0.300. The lowest BCUT2D eigenvalue weighted by molar-refractivity contribution is -0.116. The van der Waals surface area contributed by atoms with Crippen LogP contribution in [0.4, 0.5) is 0 Å². The van der Waals surface area contributed by atoms with E-state index in [1.165, 1.54) is 20.1 Å². The first-order valence-corrected chi connectivity index (χ1v) is 3.99. The first-order valence-electron chi connectivity index (χ1n) is 3.99. The van der Waals surface area contributed by atoms with Crippen LogP contribution in [0.1, 0.15) is 12.5 Å². The molecular weight excluding hydrogens is 168 g/mol. The molecule has 70 valence electrons. The summed E-state index contributed by atoms with van der Waals surface area (Å²) in [6.45, 7) is 1.53. The first-order chi connectivity index (χ1) is 6.13. The molecule has 0 saturated carbocycles. The fourth-order valence-electron chi connectivity index (χ4n) is 1.12. The minimum absolute atomic E-state index is 0.0905. The summed E-state index contributed by atoms with van der Waals surface area (Å²) in [7, 11) is 1.48. The second kappa shape index (κ2) is 3.94. The highest BCUT2D eigenvalue weighted by Crippen LogP contribution is 2.26. The number of carbonyl (C=O) groups excluding carboxylic acids is 1. The van der Waals surface area contributed by atoms with E-state index in [0.29, 0.717) is 12.2 Å². The Morgan fingerprint density at radius 3 is 2.77 bits per heavy atom. The van der Waals surface area contributed by atoms with Crippen molar-refractivity contribution in [2.24, 2.45) is 0 Å². The highest BCUT2D eigenvalue weighted by molar-refractivity contribution is 5.78. The molecule has 0 aliphatic rings. The second-order valence-corrected chi connectivity index (χ2v) is 2.88. The van der Waals surface area contributed by atoms with Crippen molar-refractivity contribution in [1.29, 1.82) is 0 Å². The highest BCUT2D eigenvalue weighted by atomic mass is 16.5. The van der Waals surface area contributed by atoms with Crippen LogP contribution in [0.25, 0.3) is 0 Å². The molecule has 0 bridgehead atoms. The van der Waals surface area contributed by atoms with E-state index in [9.17, 15) is 9.90 Å². The number of ketones is 1. The fourth-order valence-corrected chi connectivity index (χ4v) is 1.12. The van der Waals surface area contributed by atoms with Gasteiger partial charge in [-0.25, -0.2) is 0 Å². The van der Waals surface area contributed by atoms with Gasteiger partial charge in [0.25, 0.3) is 0 Å². The Balaban J connectivity index is 2.92. The van der Waals surface area contributed by atoms with Crippen molar-refractivity contribution in [2.75, 3.05) is 7.11 Å². The van der Waals surface area contributed by atoms with E-state index in [1.807, 2.05) is 0 Å². The maximum Gasteiger partial charge on any atom is 0.160 e. The number of phenolic OH excluding ortho intramolecular Hbond substituents is 1. The van der Waals surface area contributed by atoms with Crippen LogP contribution in [0.15, 0.2) is 18.2 Å². The molecule has 0 spiro atoms. The van der Waals surface area contributed by atoms with Gasteiger partial charge >= 0.3 is 0 Å². The monoisotopic (exact) mass is 180 g/mol. The average Bonchev–Trinajstić information content (AvgIpc) is 2.07. The number of rotatable bonds is 3. The zero-order valence-electron chi connectivity index (χ0n) is 7.70. The summed E-state index contributed by atoms with van der Waals surface area (Å²) < 4.78 is 4.91. The SMILES string of the molecule is COc1cc(CC(C)=O)ccc1O. The van der Waals surface area contributed by atoms with Gasteiger partial charge in [0.1, 0.15) is 5.78 Å². The Labute approximate surface area is 77.0 Å². The summed E-state index contributed by atoms with van der Waals surface area (Å²) >= 11 is 0. The van der Waals surface area contributed by atoms with Crippen molar-refractivity contribution in [1.82, 2.24) is 0 Å². The zero-order valence-corrected chi connectivity index (χ0v) is 7.70. The molecule has 0 unspecified atom stereocenters. The van der Waals surface area contributed by atoms with E-state index < -0.39 is 0 Å². The lowest BCUT2D eigenvalue weighted by Gasteiger charge is -2.04. The van der Waals surface area contributed by atoms with Crippen molar-refractivity contribution in [3.8, 4) is 11.5 Å². The maximum atomic E-state index is 10.8. The van der Waals surface area contributed by atoms with Crippen molar-refractivity contribution in [2.45, 2.75) is 13.3 Å². The number of aromatic hydroxyl groups is 1. The third-order valence-corrected chi connectivity index (χ3v) is 1.70. The van der Waals surface area contributed by atoms with Gasteiger partial charge in [0.15, 0.2) is 11.5 Å². The summed E-state index contributed by atoms with van der Waals surface area (Å²) in [5.41, 5.74) is 0.849. The zero-order chi connectivity index (χ0) is 9.84. The third-order valence-electron chi connectivity index (χ3n) is 1.70. The molecule has 0 aliphatic carbocycles. The van der Waals surface area contributed by atoms with E-state index >= 15 is 0 Å². The predicted octanol–water partition coefficient (Wildman–Crippen LogP) is 1.53. The maximum absolute atomic E-state index is 10.8. The smallest absolute Gasteiger partial charge is 0.160 e. The van der Waals surface area contributed by atoms with Crippen LogP contribution < -0.4 is 4.74 Å². The van der Waals surface area contributed by atoms with Gasteiger partial charge in [-0.1, -0.05) is 6.07 Å². The molecule has 3 nitrogen and oxygen atoms in total. The van der Waals surface area contributed by atoms with Crippen molar-refractivity contribution < 1.29 is 14.6 Å². The molecule has 13 heavy (non-hydrogen) atoms. The van der Waals surface area contributed by atoms with E-state index in [1.54, 1.807) is 12.1 Å². The summed E-state index contributed by atoms with van der Waals surface area (Å²) in [5.74, 6) is 0.585. The van der Waals surface area contributed by atoms with Gasteiger partial charge in [0.05, 0.1) is 7.11 Å². The van der Waals surface area contributed by atoms with Gasteiger partial charge in [-0.2, -0.15) is 0 Å². The normalized spacial score (nSPS) is 9.69. The van der Waals surface area contributed by atoms with Gasteiger partial charge < -0.3 is 9.84 Å². The Kier molecular flexibility index (Phi) is 2.90. The van der Waals surface area contributed by atoms with Crippen LogP contribution in [0.5, 0.6) is 11.5 Å². The summed E-state index contributed by atoms with van der Waals surface area (Å²) in [4.78, 5) is 10.8. The summed E-state index contributed by atoms with van der Waals surface area (Å²) in [6, 6.07) is 4.90. The van der Waals surface area contributed by atoms with Gasteiger partial charge in [-0.05, 0) is 24.6 Å². The molecule has 1 rings (SSSR count). The topological polar surface area (TPSA) is 46.5 Å². The van der Waals surface area contributed by atoms with Crippen LogP contribution in [0.3, 0.4) is 0 Å². The molecule has 0 aromatic heterocycles. The number of Topliss-reactive ketones (excluding diaryl/α,β-unsaturated/α-hetero) is 1. The molecule has 1 aromatic rings. The molecule has 1 aromatic carbocycles. The molecule has 0 atom stereocenters. The van der Waals surface area contributed by atoms with Gasteiger partial charge in [-0.3, -0.25) is 4.79 Å². The van der Waals surface area contributed by atoms with Crippen molar-refractivity contribution in [3.63, 3.8) is 0 Å². The molecule has 0 heterocycles. The van der Waals surface area contributed by atoms with E-state index in [0.717, 1.165) is 5.56 Å². The van der Waals surface area contributed by atoms with Crippen LogP contribution in [-0.2, 0) is 11.2 Å². The van der Waals surface area contributed by atoms with E-state index in [4.69, 9.17) is 4.74 Å². The molecule has 0 aliphatic heterocycles. The average molecular weight is 180 g/mol. The molecule has 3 heteroatoms. The first kappa shape index (κ1) is 9.58. The standard InChI is InChI=1S/C10H12O3/c1-7(11)5-8-3-4-9(12)10(6-8)13-2/h3-4,6,12H,5H2,1-2H3. The molecule has 0 amide bonds. The predicted molar refractivity (Wildman–Crippen MR) is 49.0 cm³/mol. The van der Waals surface area contributed by atoms with Gasteiger partial charge in [0, 0.05) is 6.42 Å². The number of benzene rings is 1. The number of methoxy groups -OCH3 is 1. The van der Waals surface area contributed by atoms with Crippen LogP contribution in [0.2, 0.25) is 0 Å². The van der Waals surface area contributed by atoms with Crippen LogP contribution in [-0.4, -0.2) is 18.0 Å². The number of ether oxygens (including phenoxy) is 1. The van der Waals surface area contributed by atoms with E-state index in [2.05, 4.69) is 0 Å². The minimum atomic E-state index is 0.0905. The lowest BCUT2D eigenvalue weighted by Crippen LogP contribution is -1.96. The van der Waals surface area contributed by atoms with Crippen LogP contribution in [0, 0.1) is 0 Å². The summed E-state index contributed by atoms with van der Waals surface area (Å²) in [6.07, 6.45) is 0.372. The van der Waals surface area contributed by atoms with Gasteiger partial charge in [-0.15, -0.1) is 0 Å². The van der Waals surface area contributed by atoms with Crippen molar-refractivity contribution >= 4 is 5.78 Å². The number of hydrogen-bond acceptors (Lipinski definition) is 3. The Morgan fingerprint density at radius 1 is 1.54 bits per heavy atom. The second-order valence-electron chi connectivity index (χ2n) is 2.88. The molecule has 0 saturated heterocycles. The van der Waals surface area contributed by atoms with E-state index in [-0.39, 0.29) is 11.5 Å². The number of phenols is 1. The Bertz CT molecular complexity index is 318. The molecule has 0 fully saturated rings. The largest absolute Gasteiger partial charge is 0.504 e. The Morgan fingerprint density at radius 2 is 2.23 bits per heavy atom. The van der Waals surface area contributed by atoms with Crippen LogP contribution >= 0.6 is 0 Å². The molecule has 0 radical (unpaired) electrons. The third kappa shape index (κ3) is 2.47. The Hall–Kier alpha value is -1.51. The quantitative estimate of drug-likeness (QED) is 0.767. The highest BCUT2D eigenvalue weighted by Gasteiger charge is 2.03. The number of carbonyl (C=O) groups is 1. The molecular formula is C10H12O3. The van der Waals surface area contributed by atoms with Gasteiger partial charge in [0.2, 0.25) is 0 Å². The summed E-state index contributed by atoms with van der Waals surface area (Å²) in [5, 5.41) is 9.26. The number of hydrogen-bond donors (Lipinski definition) is 1.